The molecule has 9 nitrogen and oxygen atoms in total. The van der Waals surface area contributed by atoms with Crippen LogP contribution in [0, 0.1) is 0 Å². The van der Waals surface area contributed by atoms with E-state index >= 15 is 0 Å². The van der Waals surface area contributed by atoms with Crippen molar-refractivity contribution in [3.63, 3.8) is 0 Å². The number of ether oxygens (including phenoxy) is 1. The summed E-state index contributed by atoms with van der Waals surface area (Å²) in [7, 11) is 0. The Morgan fingerprint density at radius 1 is 1.10 bits per heavy atom. The van der Waals surface area contributed by atoms with Crippen molar-refractivity contribution in [1.82, 2.24) is 25.0 Å². The van der Waals surface area contributed by atoms with E-state index in [-0.39, 0.29) is 0 Å². The molecule has 0 spiro atoms. The van der Waals surface area contributed by atoms with E-state index in [1.165, 1.54) is 4.68 Å². The Morgan fingerprint density at radius 2 is 1.97 bits per heavy atom. The molecule has 144 valence electrons. The molecule has 0 fully saturated rings. The summed E-state index contributed by atoms with van der Waals surface area (Å²) >= 11 is 0. The molecule has 0 radical (unpaired) electrons. The van der Waals surface area contributed by atoms with Crippen LogP contribution >= 0.6 is 0 Å². The summed E-state index contributed by atoms with van der Waals surface area (Å²) in [5.74, 6) is 0.492. The number of carbonyl (C=O) groups excluding carboxylic acids is 1. The number of anilines is 1. The van der Waals surface area contributed by atoms with Gasteiger partial charge in [0.1, 0.15) is 11.3 Å². The first-order chi connectivity index (χ1) is 14.2. The van der Waals surface area contributed by atoms with E-state index in [1.807, 2.05) is 30.3 Å². The number of hydrogen-bond acceptors (Lipinski definition) is 7. The highest BCUT2D eigenvalue weighted by Gasteiger charge is 2.22. The number of hydrogen-bond donors (Lipinski definition) is 2. The van der Waals surface area contributed by atoms with Crippen molar-refractivity contribution in [2.75, 3.05) is 5.32 Å². The average Bonchev–Trinajstić information content (AvgIpc) is 3.39. The predicted octanol–water partition coefficient (Wildman–Crippen LogP) is 1.95. The molecule has 0 atom stereocenters. The van der Waals surface area contributed by atoms with Gasteiger partial charge in [0.2, 0.25) is 0 Å². The molecule has 29 heavy (non-hydrogen) atoms. The number of primary amides is 1. The van der Waals surface area contributed by atoms with Gasteiger partial charge in [-0.1, -0.05) is 41.6 Å². The minimum absolute atomic E-state index is 0.306. The summed E-state index contributed by atoms with van der Waals surface area (Å²) in [5, 5.41) is 11.6. The van der Waals surface area contributed by atoms with Crippen molar-refractivity contribution in [2.45, 2.75) is 19.8 Å². The minimum atomic E-state index is -0.559. The molecule has 9 heteroatoms. The average molecular weight is 387 g/mol. The van der Waals surface area contributed by atoms with Crippen LogP contribution in [0.2, 0.25) is 0 Å². The van der Waals surface area contributed by atoms with Crippen molar-refractivity contribution in [3.05, 3.63) is 70.9 Å². The van der Waals surface area contributed by atoms with Crippen LogP contribution in [-0.2, 0) is 24.5 Å². The van der Waals surface area contributed by atoms with E-state index in [1.54, 1.807) is 18.2 Å². The fraction of sp³-hybridized carbons (Fsp3) is 0.150. The molecule has 3 heterocycles. The van der Waals surface area contributed by atoms with Crippen LogP contribution < -0.4 is 11.1 Å². The number of nitrogens with zero attached hydrogens (tertiary/aromatic N) is 5. The van der Waals surface area contributed by atoms with Gasteiger partial charge in [0.15, 0.2) is 0 Å². The van der Waals surface area contributed by atoms with Crippen LogP contribution in [0.25, 0.3) is 17.0 Å². The smallest absolute Gasteiger partial charge is 0.254 e. The van der Waals surface area contributed by atoms with E-state index in [4.69, 9.17) is 10.5 Å². The molecule has 1 aliphatic rings. The van der Waals surface area contributed by atoms with E-state index in [9.17, 15) is 4.79 Å². The van der Waals surface area contributed by atoms with Crippen LogP contribution in [0.15, 0.2) is 48.5 Å². The monoisotopic (exact) mass is 387 g/mol. The van der Waals surface area contributed by atoms with Gasteiger partial charge in [-0.3, -0.25) is 4.79 Å². The van der Waals surface area contributed by atoms with E-state index in [0.717, 1.165) is 16.8 Å². The maximum atomic E-state index is 11.7. The molecule has 3 N–H and O–H groups in total. The van der Waals surface area contributed by atoms with E-state index in [0.29, 0.717) is 48.1 Å². The van der Waals surface area contributed by atoms with Crippen molar-refractivity contribution < 1.29 is 9.53 Å². The van der Waals surface area contributed by atoms with Crippen molar-refractivity contribution in [1.29, 1.82) is 0 Å². The SMILES string of the molecule is NC(=O)c1cccc2c1nnn2-c1nc2c(c(NCc3ccccc3)n1)COC2. The molecule has 0 saturated carbocycles. The molecule has 4 aromatic rings. The van der Waals surface area contributed by atoms with Gasteiger partial charge >= 0.3 is 0 Å². The van der Waals surface area contributed by atoms with Gasteiger partial charge in [-0.2, -0.15) is 9.67 Å². The standard InChI is InChI=1S/C20H17N7O2/c21-18(28)13-7-4-8-16-17(13)25-26-27(16)20-23-15-11-29-10-14(15)19(24-20)22-9-12-5-2-1-3-6-12/h1-8H,9-11H2,(H2,21,28)(H,22,23,24). The molecule has 0 aliphatic carbocycles. The number of nitrogens with one attached hydrogen (secondary N) is 1. The highest BCUT2D eigenvalue weighted by molar-refractivity contribution is 6.04. The maximum Gasteiger partial charge on any atom is 0.254 e. The van der Waals surface area contributed by atoms with Crippen molar-refractivity contribution in [3.8, 4) is 5.95 Å². The fourth-order valence-electron chi connectivity index (χ4n) is 3.35. The summed E-state index contributed by atoms with van der Waals surface area (Å²) in [4.78, 5) is 20.9. The van der Waals surface area contributed by atoms with Gasteiger partial charge in [-0.05, 0) is 17.7 Å². The maximum absolute atomic E-state index is 11.7. The zero-order chi connectivity index (χ0) is 19.8. The normalized spacial score (nSPS) is 12.8. The number of nitrogens with two attached hydrogens (primary N) is 1. The largest absolute Gasteiger partial charge is 0.370 e. The number of aromatic nitrogens is 5. The lowest BCUT2D eigenvalue weighted by atomic mass is 10.2. The number of carbonyl (C=O) groups is 1. The second-order valence-corrected chi connectivity index (χ2v) is 6.67. The summed E-state index contributed by atoms with van der Waals surface area (Å²) in [5.41, 5.74) is 9.65. The minimum Gasteiger partial charge on any atom is -0.370 e. The Balaban J connectivity index is 1.57. The van der Waals surface area contributed by atoms with Gasteiger partial charge < -0.3 is 15.8 Å². The molecule has 2 aromatic carbocycles. The summed E-state index contributed by atoms with van der Waals surface area (Å²) < 4.78 is 7.08. The molecule has 0 bridgehead atoms. The van der Waals surface area contributed by atoms with Gasteiger partial charge in [-0.25, -0.2) is 4.98 Å². The molecule has 2 aromatic heterocycles. The lowest BCUT2D eigenvalue weighted by Crippen LogP contribution is -2.12. The third kappa shape index (κ3) is 3.07. The van der Waals surface area contributed by atoms with Crippen molar-refractivity contribution >= 4 is 22.8 Å². The molecular weight excluding hydrogens is 370 g/mol. The second kappa shape index (κ2) is 6.95. The quantitative estimate of drug-likeness (QED) is 0.537. The second-order valence-electron chi connectivity index (χ2n) is 6.67. The van der Waals surface area contributed by atoms with Crippen LogP contribution in [-0.4, -0.2) is 30.9 Å². The third-order valence-corrected chi connectivity index (χ3v) is 4.80. The number of amides is 1. The summed E-state index contributed by atoms with van der Waals surface area (Å²) in [6, 6.07) is 15.2. The van der Waals surface area contributed by atoms with Crippen LogP contribution in [0.1, 0.15) is 27.2 Å². The van der Waals surface area contributed by atoms with Gasteiger partial charge in [0.05, 0.1) is 30.0 Å². The highest BCUT2D eigenvalue weighted by Crippen LogP contribution is 2.27. The molecule has 0 unspecified atom stereocenters. The predicted molar refractivity (Wildman–Crippen MR) is 105 cm³/mol. The van der Waals surface area contributed by atoms with E-state index in [2.05, 4.69) is 25.6 Å². The molecule has 5 rings (SSSR count). The third-order valence-electron chi connectivity index (χ3n) is 4.80. The van der Waals surface area contributed by atoms with Crippen LogP contribution in [0.5, 0.6) is 0 Å². The molecule has 1 amide bonds. The van der Waals surface area contributed by atoms with Gasteiger partial charge in [0.25, 0.3) is 11.9 Å². The molecule has 0 saturated heterocycles. The van der Waals surface area contributed by atoms with Crippen LogP contribution in [0.3, 0.4) is 0 Å². The first-order valence-electron chi connectivity index (χ1n) is 9.10. The Hall–Kier alpha value is -3.85. The van der Waals surface area contributed by atoms with E-state index < -0.39 is 5.91 Å². The summed E-state index contributed by atoms with van der Waals surface area (Å²) in [6.45, 7) is 1.48. The fourth-order valence-corrected chi connectivity index (χ4v) is 3.35. The topological polar surface area (TPSA) is 121 Å². The lowest BCUT2D eigenvalue weighted by molar-refractivity contribution is 0.100. The Labute approximate surface area is 165 Å². The lowest BCUT2D eigenvalue weighted by Gasteiger charge is -2.11. The zero-order valence-corrected chi connectivity index (χ0v) is 15.4. The molecule has 1 aliphatic heterocycles. The highest BCUT2D eigenvalue weighted by atomic mass is 16.5. The Morgan fingerprint density at radius 3 is 2.79 bits per heavy atom. The molecular formula is C20H17N7O2. The first kappa shape index (κ1) is 17.3. The first-order valence-corrected chi connectivity index (χ1v) is 9.10. The zero-order valence-electron chi connectivity index (χ0n) is 15.4. The Kier molecular flexibility index (Phi) is 4.14. The Bertz CT molecular complexity index is 1220. The van der Waals surface area contributed by atoms with Gasteiger partial charge in [-0.15, -0.1) is 5.10 Å². The summed E-state index contributed by atoms with van der Waals surface area (Å²) in [6.07, 6.45) is 0. The number of benzene rings is 2. The van der Waals surface area contributed by atoms with Crippen LogP contribution in [0.4, 0.5) is 5.82 Å². The van der Waals surface area contributed by atoms with Crippen molar-refractivity contribution in [2.24, 2.45) is 5.73 Å². The number of fused-ring (bicyclic) bond motifs is 2. The number of rotatable bonds is 5. The van der Waals surface area contributed by atoms with Gasteiger partial charge in [0, 0.05) is 12.1 Å².